The summed E-state index contributed by atoms with van der Waals surface area (Å²) >= 11 is 1.00. The van der Waals surface area contributed by atoms with Crippen molar-refractivity contribution in [3.8, 4) is 5.75 Å². The number of azo groups is 1. The summed E-state index contributed by atoms with van der Waals surface area (Å²) in [5.74, 6) is -1.36. The van der Waals surface area contributed by atoms with E-state index in [0.717, 1.165) is 11.5 Å². The molecule has 3 aromatic rings. The standard InChI is InChI=1S/C23H24N6O8S/c1-5-20(30)24-16-9-18(28(11-21(31)36-3)12-22(32)37-4)19(35-2)10-17(16)25-26-23-14-8-13(29(33)34)6-7-15(14)27-38-23/h6-10H,5,11-12H2,1-4H3,(H,24,30)/b26-25+. The normalized spacial score (nSPS) is 10.8. The van der Waals surface area contributed by atoms with Crippen LogP contribution in [0.4, 0.5) is 27.8 Å². The molecule has 0 spiro atoms. The highest BCUT2D eigenvalue weighted by molar-refractivity contribution is 7.11. The molecule has 14 nitrogen and oxygen atoms in total. The van der Waals surface area contributed by atoms with E-state index in [2.05, 4.69) is 19.9 Å². The molecule has 1 amide bonds. The minimum atomic E-state index is -0.620. The molecule has 0 aliphatic carbocycles. The Balaban J connectivity index is 2.11. The first-order chi connectivity index (χ1) is 18.2. The number of methoxy groups -OCH3 is 3. The van der Waals surface area contributed by atoms with Crippen molar-refractivity contribution in [3.05, 3.63) is 40.4 Å². The number of nitrogens with zero attached hydrogens (tertiary/aromatic N) is 5. The highest BCUT2D eigenvalue weighted by atomic mass is 32.1. The minimum Gasteiger partial charge on any atom is -0.494 e. The fraction of sp³-hybridized carbons (Fsp3) is 0.304. The number of nitro groups is 1. The number of carbonyl (C=O) groups excluding carboxylic acids is 3. The van der Waals surface area contributed by atoms with Gasteiger partial charge in [0.25, 0.3) is 5.69 Å². The fourth-order valence-corrected chi connectivity index (χ4v) is 3.94. The van der Waals surface area contributed by atoms with E-state index in [0.29, 0.717) is 15.9 Å². The lowest BCUT2D eigenvalue weighted by Gasteiger charge is -2.25. The smallest absolute Gasteiger partial charge is 0.325 e. The number of fused-ring (bicyclic) bond motifs is 1. The van der Waals surface area contributed by atoms with Crippen molar-refractivity contribution >= 4 is 68.0 Å². The van der Waals surface area contributed by atoms with Crippen LogP contribution in [-0.2, 0) is 23.9 Å². The Kier molecular flexibility index (Phi) is 9.21. The molecule has 0 aliphatic rings. The van der Waals surface area contributed by atoms with Crippen molar-refractivity contribution in [1.29, 1.82) is 0 Å². The first-order valence-electron chi connectivity index (χ1n) is 11.1. The van der Waals surface area contributed by atoms with E-state index >= 15 is 0 Å². The topological polar surface area (TPSA) is 175 Å². The molecule has 15 heteroatoms. The summed E-state index contributed by atoms with van der Waals surface area (Å²) in [5, 5.41) is 23.1. The number of benzene rings is 2. The second-order valence-electron chi connectivity index (χ2n) is 7.60. The van der Waals surface area contributed by atoms with Gasteiger partial charge >= 0.3 is 11.9 Å². The molecule has 0 unspecified atom stereocenters. The Morgan fingerprint density at radius 2 is 1.76 bits per heavy atom. The Hall–Kier alpha value is -4.66. The van der Waals surface area contributed by atoms with Crippen molar-refractivity contribution < 1.29 is 33.5 Å². The van der Waals surface area contributed by atoms with E-state index in [1.54, 1.807) is 6.92 Å². The summed E-state index contributed by atoms with van der Waals surface area (Å²) in [5.41, 5.74) is 1.09. The maximum absolute atomic E-state index is 12.3. The second-order valence-corrected chi connectivity index (χ2v) is 8.35. The largest absolute Gasteiger partial charge is 0.494 e. The molecule has 3 rings (SSSR count). The molecular formula is C23H24N6O8S. The fourth-order valence-electron chi connectivity index (χ4n) is 3.26. The molecule has 0 radical (unpaired) electrons. The summed E-state index contributed by atoms with van der Waals surface area (Å²) in [6.07, 6.45) is 0.162. The number of hydrogen-bond donors (Lipinski definition) is 1. The average Bonchev–Trinajstić information content (AvgIpc) is 3.33. The van der Waals surface area contributed by atoms with Gasteiger partial charge in [0.1, 0.15) is 24.5 Å². The van der Waals surface area contributed by atoms with Gasteiger partial charge < -0.3 is 24.4 Å². The van der Waals surface area contributed by atoms with E-state index in [4.69, 9.17) is 14.2 Å². The Morgan fingerprint density at radius 3 is 2.34 bits per heavy atom. The van der Waals surface area contributed by atoms with E-state index in [1.165, 1.54) is 56.6 Å². The number of rotatable bonds is 11. The van der Waals surface area contributed by atoms with Gasteiger partial charge in [-0.15, -0.1) is 10.2 Å². The van der Waals surface area contributed by atoms with Gasteiger partial charge in [-0.25, -0.2) is 0 Å². The van der Waals surface area contributed by atoms with Crippen molar-refractivity contribution in [2.45, 2.75) is 13.3 Å². The van der Waals surface area contributed by atoms with Crippen molar-refractivity contribution in [2.24, 2.45) is 10.2 Å². The molecule has 0 atom stereocenters. The van der Waals surface area contributed by atoms with Crippen LogP contribution in [0, 0.1) is 10.1 Å². The van der Waals surface area contributed by atoms with Gasteiger partial charge in [-0.05, 0) is 23.7 Å². The lowest BCUT2D eigenvalue weighted by Crippen LogP contribution is -2.36. The summed E-state index contributed by atoms with van der Waals surface area (Å²) in [6, 6.07) is 7.18. The molecule has 1 heterocycles. The number of carbonyl (C=O) groups is 3. The van der Waals surface area contributed by atoms with E-state index < -0.39 is 16.9 Å². The number of amides is 1. The van der Waals surface area contributed by atoms with Crippen LogP contribution in [0.5, 0.6) is 5.75 Å². The zero-order chi connectivity index (χ0) is 27.8. The SMILES string of the molecule is CCC(=O)Nc1cc(N(CC(=O)OC)CC(=O)OC)c(OC)cc1/N=N/c1snc2ccc([N+](=O)[O-])cc12. The molecule has 0 fully saturated rings. The van der Waals surface area contributed by atoms with E-state index in [1.807, 2.05) is 0 Å². The first-order valence-corrected chi connectivity index (χ1v) is 11.8. The Bertz CT molecular complexity index is 1390. The number of nitrogens with one attached hydrogen (secondary N) is 1. The maximum atomic E-state index is 12.3. The predicted octanol–water partition coefficient (Wildman–Crippen LogP) is 4.13. The first kappa shape index (κ1) is 27.9. The van der Waals surface area contributed by atoms with E-state index in [9.17, 15) is 24.5 Å². The van der Waals surface area contributed by atoms with Crippen LogP contribution < -0.4 is 15.0 Å². The van der Waals surface area contributed by atoms with Gasteiger partial charge in [0.15, 0.2) is 5.00 Å². The van der Waals surface area contributed by atoms with Crippen molar-refractivity contribution in [3.63, 3.8) is 0 Å². The molecule has 2 aromatic carbocycles. The molecule has 0 saturated heterocycles. The van der Waals surface area contributed by atoms with Crippen LogP contribution in [0.2, 0.25) is 0 Å². The highest BCUT2D eigenvalue weighted by Crippen LogP contribution is 2.41. The van der Waals surface area contributed by atoms with E-state index in [-0.39, 0.29) is 53.9 Å². The van der Waals surface area contributed by atoms with Gasteiger partial charge in [-0.2, -0.15) is 4.37 Å². The summed E-state index contributed by atoms with van der Waals surface area (Å²) in [6.45, 7) is 1.05. The maximum Gasteiger partial charge on any atom is 0.325 e. The van der Waals surface area contributed by atoms with Gasteiger partial charge in [-0.1, -0.05) is 6.92 Å². The second kappa shape index (κ2) is 12.5. The summed E-state index contributed by atoms with van der Waals surface area (Å²) in [4.78, 5) is 48.4. The molecule has 1 N–H and O–H groups in total. The molecule has 200 valence electrons. The monoisotopic (exact) mass is 544 g/mol. The molecular weight excluding hydrogens is 520 g/mol. The third kappa shape index (κ3) is 6.56. The van der Waals surface area contributed by atoms with Crippen LogP contribution in [0.3, 0.4) is 0 Å². The average molecular weight is 545 g/mol. The van der Waals surface area contributed by atoms with Crippen molar-refractivity contribution in [2.75, 3.05) is 44.6 Å². The van der Waals surface area contributed by atoms with Crippen LogP contribution in [0.1, 0.15) is 13.3 Å². The predicted molar refractivity (Wildman–Crippen MR) is 139 cm³/mol. The number of ether oxygens (including phenoxy) is 3. The zero-order valence-corrected chi connectivity index (χ0v) is 21.7. The van der Waals surface area contributed by atoms with Crippen LogP contribution in [-0.4, -0.2) is 61.6 Å². The third-order valence-electron chi connectivity index (χ3n) is 5.23. The van der Waals surface area contributed by atoms with Gasteiger partial charge in [0, 0.05) is 30.0 Å². The number of aromatic nitrogens is 1. The lowest BCUT2D eigenvalue weighted by atomic mass is 10.2. The van der Waals surface area contributed by atoms with Gasteiger partial charge in [0.2, 0.25) is 5.91 Å². The summed E-state index contributed by atoms with van der Waals surface area (Å²) in [7, 11) is 3.81. The lowest BCUT2D eigenvalue weighted by molar-refractivity contribution is -0.384. The Morgan fingerprint density at radius 1 is 1.08 bits per heavy atom. The van der Waals surface area contributed by atoms with Crippen molar-refractivity contribution in [1.82, 2.24) is 4.37 Å². The van der Waals surface area contributed by atoms with Crippen LogP contribution in [0.15, 0.2) is 40.6 Å². The molecule has 0 bridgehead atoms. The zero-order valence-electron chi connectivity index (χ0n) is 20.9. The Labute approximate surface area is 220 Å². The van der Waals surface area contributed by atoms with Gasteiger partial charge in [0.05, 0.1) is 43.1 Å². The summed E-state index contributed by atoms with van der Waals surface area (Å²) < 4.78 is 19.2. The number of nitro benzene ring substituents is 1. The molecule has 0 aliphatic heterocycles. The number of non-ortho nitro benzene ring substituents is 1. The highest BCUT2D eigenvalue weighted by Gasteiger charge is 2.22. The number of hydrogen-bond acceptors (Lipinski definition) is 13. The number of anilines is 2. The van der Waals surface area contributed by atoms with Crippen LogP contribution in [0.25, 0.3) is 10.9 Å². The third-order valence-corrected chi connectivity index (χ3v) is 5.99. The van der Waals surface area contributed by atoms with Gasteiger partial charge in [-0.3, -0.25) is 24.5 Å². The molecule has 0 saturated carbocycles. The van der Waals surface area contributed by atoms with Crippen LogP contribution >= 0.6 is 11.5 Å². The molecule has 1 aromatic heterocycles. The minimum absolute atomic E-state index is 0.118. The molecule has 38 heavy (non-hydrogen) atoms. The number of esters is 2. The quantitative estimate of drug-likeness (QED) is 0.160.